The Labute approximate surface area is 237 Å². The Balaban J connectivity index is 1.31. The zero-order chi connectivity index (χ0) is 28.2. The summed E-state index contributed by atoms with van der Waals surface area (Å²) in [6.07, 6.45) is 2.42. The van der Waals surface area contributed by atoms with Crippen LogP contribution < -0.4 is 14.8 Å². The topological polar surface area (TPSA) is 89.5 Å². The summed E-state index contributed by atoms with van der Waals surface area (Å²) in [6, 6.07) is 13.5. The van der Waals surface area contributed by atoms with Gasteiger partial charge in [0, 0.05) is 28.9 Å². The second-order valence-electron chi connectivity index (χ2n) is 10.2. The lowest BCUT2D eigenvalue weighted by atomic mass is 10.0. The van der Waals surface area contributed by atoms with Gasteiger partial charge in [-0.2, -0.15) is 0 Å². The maximum absolute atomic E-state index is 14.7. The van der Waals surface area contributed by atoms with Crippen LogP contribution in [0.15, 0.2) is 48.5 Å². The Morgan fingerprint density at radius 2 is 1.90 bits per heavy atom. The first-order valence-corrected chi connectivity index (χ1v) is 13.7. The number of ether oxygens (including phenoxy) is 2. The second-order valence-corrected chi connectivity index (χ2v) is 10.6. The normalized spacial score (nSPS) is 13.7. The SMILES string of the molecule is Cc1cc(-c2cc(OC(=O)C(C)C)ccc2Cl)cc2nnc(Nc3ccc(OCCN4CCCC4)c(F)c3)nc12. The molecule has 0 atom stereocenters. The maximum atomic E-state index is 14.7. The van der Waals surface area contributed by atoms with Crippen molar-refractivity contribution in [1.82, 2.24) is 20.1 Å². The zero-order valence-electron chi connectivity index (χ0n) is 22.7. The summed E-state index contributed by atoms with van der Waals surface area (Å²) in [5.41, 5.74) is 4.02. The average Bonchev–Trinajstić information content (AvgIpc) is 3.45. The molecule has 3 aromatic carbocycles. The lowest BCUT2D eigenvalue weighted by Gasteiger charge is -2.15. The zero-order valence-corrected chi connectivity index (χ0v) is 23.5. The number of aryl methyl sites for hydroxylation is 1. The molecule has 0 aliphatic carbocycles. The van der Waals surface area contributed by atoms with E-state index in [0.29, 0.717) is 39.7 Å². The highest BCUT2D eigenvalue weighted by atomic mass is 35.5. The first-order valence-electron chi connectivity index (χ1n) is 13.4. The third kappa shape index (κ3) is 6.48. The molecule has 0 radical (unpaired) electrons. The Kier molecular flexibility index (Phi) is 8.42. The molecular formula is C30H31ClFN5O3. The number of nitrogens with one attached hydrogen (secondary N) is 1. The lowest BCUT2D eigenvalue weighted by molar-refractivity contribution is -0.137. The lowest BCUT2D eigenvalue weighted by Crippen LogP contribution is -2.25. The molecule has 1 aliphatic rings. The largest absolute Gasteiger partial charge is 0.489 e. The molecule has 1 aliphatic heterocycles. The van der Waals surface area contributed by atoms with Gasteiger partial charge < -0.3 is 14.8 Å². The van der Waals surface area contributed by atoms with Crippen LogP contribution in [-0.4, -0.2) is 52.3 Å². The van der Waals surface area contributed by atoms with Crippen molar-refractivity contribution in [1.29, 1.82) is 0 Å². The van der Waals surface area contributed by atoms with Crippen LogP contribution in [0.25, 0.3) is 22.2 Å². The molecule has 0 bridgehead atoms. The number of halogens is 2. The summed E-state index contributed by atoms with van der Waals surface area (Å²) in [4.78, 5) is 19.0. The molecule has 8 nitrogen and oxygen atoms in total. The Bertz CT molecular complexity index is 1540. The van der Waals surface area contributed by atoms with Gasteiger partial charge in [0.25, 0.3) is 0 Å². The summed E-state index contributed by atoms with van der Waals surface area (Å²) in [6.45, 7) is 8.85. The molecular weight excluding hydrogens is 533 g/mol. The molecule has 40 heavy (non-hydrogen) atoms. The van der Waals surface area contributed by atoms with Crippen molar-refractivity contribution in [3.8, 4) is 22.6 Å². The minimum absolute atomic E-state index is 0.215. The van der Waals surface area contributed by atoms with Gasteiger partial charge in [0.1, 0.15) is 17.9 Å². The van der Waals surface area contributed by atoms with Crippen LogP contribution in [0.3, 0.4) is 0 Å². The summed E-state index contributed by atoms with van der Waals surface area (Å²) >= 11 is 6.49. The molecule has 1 saturated heterocycles. The predicted molar refractivity (Wildman–Crippen MR) is 154 cm³/mol. The van der Waals surface area contributed by atoms with Crippen molar-refractivity contribution in [3.63, 3.8) is 0 Å². The van der Waals surface area contributed by atoms with Crippen LogP contribution >= 0.6 is 11.6 Å². The number of aromatic nitrogens is 3. The summed E-state index contributed by atoms with van der Waals surface area (Å²) < 4.78 is 25.8. The number of hydrogen-bond donors (Lipinski definition) is 1. The number of hydrogen-bond acceptors (Lipinski definition) is 8. The average molecular weight is 564 g/mol. The van der Waals surface area contributed by atoms with Gasteiger partial charge in [-0.05, 0) is 86.4 Å². The van der Waals surface area contributed by atoms with Crippen LogP contribution in [0.2, 0.25) is 5.02 Å². The van der Waals surface area contributed by atoms with Gasteiger partial charge in [-0.15, -0.1) is 10.2 Å². The summed E-state index contributed by atoms with van der Waals surface area (Å²) in [7, 11) is 0. The van der Waals surface area contributed by atoms with Gasteiger partial charge in [0.15, 0.2) is 11.6 Å². The first kappa shape index (κ1) is 27.7. The molecule has 0 spiro atoms. The van der Waals surface area contributed by atoms with E-state index in [1.54, 1.807) is 44.2 Å². The van der Waals surface area contributed by atoms with Crippen molar-refractivity contribution in [2.75, 3.05) is 31.6 Å². The fraction of sp³-hybridized carbons (Fsp3) is 0.333. The van der Waals surface area contributed by atoms with E-state index in [0.717, 1.165) is 30.8 Å². The summed E-state index contributed by atoms with van der Waals surface area (Å²) in [5.74, 6) is -0.163. The van der Waals surface area contributed by atoms with E-state index < -0.39 is 5.82 Å². The van der Waals surface area contributed by atoms with Crippen LogP contribution in [-0.2, 0) is 4.79 Å². The highest BCUT2D eigenvalue weighted by molar-refractivity contribution is 6.33. The van der Waals surface area contributed by atoms with E-state index in [-0.39, 0.29) is 23.6 Å². The number of likely N-dealkylation sites (tertiary alicyclic amines) is 1. The van der Waals surface area contributed by atoms with E-state index in [1.165, 1.54) is 18.9 Å². The van der Waals surface area contributed by atoms with E-state index in [4.69, 9.17) is 21.1 Å². The molecule has 208 valence electrons. The first-order chi connectivity index (χ1) is 19.3. The Morgan fingerprint density at radius 3 is 2.65 bits per heavy atom. The molecule has 0 unspecified atom stereocenters. The number of nitrogens with zero attached hydrogens (tertiary/aromatic N) is 4. The third-order valence-corrected chi connectivity index (χ3v) is 7.07. The Morgan fingerprint density at radius 1 is 1.10 bits per heavy atom. The number of rotatable bonds is 9. The molecule has 0 amide bonds. The van der Waals surface area contributed by atoms with Crippen molar-refractivity contribution in [3.05, 3.63) is 64.9 Å². The van der Waals surface area contributed by atoms with E-state index in [2.05, 4.69) is 25.4 Å². The molecule has 10 heteroatoms. The van der Waals surface area contributed by atoms with E-state index in [9.17, 15) is 9.18 Å². The van der Waals surface area contributed by atoms with E-state index in [1.807, 2.05) is 19.1 Å². The quantitative estimate of drug-likeness (QED) is 0.181. The Hall–Kier alpha value is -3.82. The molecule has 2 heterocycles. The molecule has 4 aromatic rings. The number of fused-ring (bicyclic) bond motifs is 1. The van der Waals surface area contributed by atoms with Gasteiger partial charge in [0.05, 0.1) is 11.4 Å². The maximum Gasteiger partial charge on any atom is 0.313 e. The van der Waals surface area contributed by atoms with Gasteiger partial charge >= 0.3 is 5.97 Å². The fourth-order valence-electron chi connectivity index (χ4n) is 4.56. The smallest absolute Gasteiger partial charge is 0.313 e. The van der Waals surface area contributed by atoms with Gasteiger partial charge in [-0.3, -0.25) is 9.69 Å². The molecule has 5 rings (SSSR count). The van der Waals surface area contributed by atoms with Crippen molar-refractivity contribution < 1.29 is 18.7 Å². The number of anilines is 2. The van der Waals surface area contributed by atoms with Gasteiger partial charge in [-0.25, -0.2) is 9.37 Å². The standard InChI is InChI=1S/C30H31ClFN5O3/c1-18(2)29(38)40-22-7-8-24(31)23(17-22)20-14-19(3)28-26(15-20)35-36-30(34-28)33-21-6-9-27(25(32)16-21)39-13-12-37-10-4-5-11-37/h6-9,14-18H,4-5,10-13H2,1-3H3,(H,33,34,36). The van der Waals surface area contributed by atoms with E-state index >= 15 is 0 Å². The van der Waals surface area contributed by atoms with Gasteiger partial charge in [-0.1, -0.05) is 25.4 Å². The van der Waals surface area contributed by atoms with Crippen LogP contribution in [0, 0.1) is 18.7 Å². The highest BCUT2D eigenvalue weighted by Crippen LogP contribution is 2.34. The second kappa shape index (κ2) is 12.1. The van der Waals surface area contributed by atoms with Crippen molar-refractivity contribution >= 4 is 40.2 Å². The molecule has 1 aromatic heterocycles. The van der Waals surface area contributed by atoms with Crippen molar-refractivity contribution in [2.24, 2.45) is 5.92 Å². The minimum Gasteiger partial charge on any atom is -0.489 e. The molecule has 1 N–H and O–H groups in total. The summed E-state index contributed by atoms with van der Waals surface area (Å²) in [5, 5.41) is 12.1. The van der Waals surface area contributed by atoms with Crippen LogP contribution in [0.4, 0.5) is 16.0 Å². The monoisotopic (exact) mass is 563 g/mol. The number of carbonyl (C=O) groups excluding carboxylic acids is 1. The third-order valence-electron chi connectivity index (χ3n) is 6.74. The van der Waals surface area contributed by atoms with Crippen LogP contribution in [0.5, 0.6) is 11.5 Å². The molecule has 0 saturated carbocycles. The fourth-order valence-corrected chi connectivity index (χ4v) is 4.79. The predicted octanol–water partition coefficient (Wildman–Crippen LogP) is 6.57. The van der Waals surface area contributed by atoms with Gasteiger partial charge in [0.2, 0.25) is 5.95 Å². The highest BCUT2D eigenvalue weighted by Gasteiger charge is 2.15. The number of carbonyl (C=O) groups is 1. The van der Waals surface area contributed by atoms with Crippen LogP contribution in [0.1, 0.15) is 32.3 Å². The minimum atomic E-state index is -0.459. The van der Waals surface area contributed by atoms with Crippen molar-refractivity contribution in [2.45, 2.75) is 33.6 Å². The number of benzene rings is 3. The molecule has 1 fully saturated rings. The number of esters is 1.